The maximum atomic E-state index is 13.9. The molecule has 0 radical (unpaired) electrons. The zero-order valence-corrected chi connectivity index (χ0v) is 24.4. The molecule has 0 bridgehead atoms. The highest BCUT2D eigenvalue weighted by molar-refractivity contribution is 7.92. The molecule has 3 aromatic carbocycles. The molecule has 1 N–H and O–H groups in total. The lowest BCUT2D eigenvalue weighted by atomic mass is 10.1. The van der Waals surface area contributed by atoms with Crippen molar-refractivity contribution in [3.63, 3.8) is 0 Å². The number of hydrogen-bond donors (Lipinski definition) is 1. The smallest absolute Gasteiger partial charge is 0.264 e. The zero-order valence-electron chi connectivity index (χ0n) is 22.8. The van der Waals surface area contributed by atoms with Crippen LogP contribution in [0.2, 0.25) is 5.02 Å². The fourth-order valence-electron chi connectivity index (χ4n) is 3.89. The van der Waals surface area contributed by atoms with E-state index in [2.05, 4.69) is 5.32 Å². The number of sulfonamides is 1. The number of amides is 2. The molecule has 0 saturated heterocycles. The van der Waals surface area contributed by atoms with Crippen molar-refractivity contribution in [2.24, 2.45) is 0 Å². The summed E-state index contributed by atoms with van der Waals surface area (Å²) in [6.45, 7) is 4.67. The average molecular weight is 590 g/mol. The first-order valence-corrected chi connectivity index (χ1v) is 14.5. The van der Waals surface area contributed by atoms with E-state index >= 15 is 0 Å². The molecule has 2 atom stereocenters. The number of ether oxygens (including phenoxy) is 1. The first-order valence-electron chi connectivity index (χ1n) is 12.7. The summed E-state index contributed by atoms with van der Waals surface area (Å²) in [7, 11) is -2.80. The van der Waals surface area contributed by atoms with Crippen LogP contribution >= 0.6 is 11.6 Å². The zero-order chi connectivity index (χ0) is 29.4. The summed E-state index contributed by atoms with van der Waals surface area (Å²) >= 11 is 6.32. The first kappa shape index (κ1) is 30.9. The summed E-state index contributed by atoms with van der Waals surface area (Å²) in [5.41, 5.74) is 0.712. The van der Waals surface area contributed by atoms with Gasteiger partial charge in [-0.15, -0.1) is 0 Å². The number of nitrogens with one attached hydrogen (secondary N) is 1. The van der Waals surface area contributed by atoms with Gasteiger partial charge in [-0.05, 0) is 68.3 Å². The average Bonchev–Trinajstić information content (AvgIpc) is 2.95. The Morgan fingerprint density at radius 1 is 1.02 bits per heavy atom. The Labute approximate surface area is 239 Å². The fourth-order valence-corrected chi connectivity index (χ4v) is 5.57. The van der Waals surface area contributed by atoms with Crippen LogP contribution in [0.5, 0.6) is 5.75 Å². The Morgan fingerprint density at radius 3 is 2.25 bits per heavy atom. The highest BCUT2D eigenvalue weighted by Gasteiger charge is 2.33. The predicted molar refractivity (Wildman–Crippen MR) is 153 cm³/mol. The molecule has 0 heterocycles. The molecule has 40 heavy (non-hydrogen) atoms. The van der Waals surface area contributed by atoms with Gasteiger partial charge in [-0.2, -0.15) is 0 Å². The van der Waals surface area contributed by atoms with Crippen LogP contribution in [0.3, 0.4) is 0 Å². The fraction of sp³-hybridized carbons (Fsp3) is 0.310. The molecular weight excluding hydrogens is 557 g/mol. The molecular formula is C29H33ClFN3O5S. The van der Waals surface area contributed by atoms with Crippen LogP contribution in [0.4, 0.5) is 10.1 Å². The molecule has 0 unspecified atom stereocenters. The van der Waals surface area contributed by atoms with Gasteiger partial charge in [0.1, 0.15) is 24.2 Å². The Kier molecular flexibility index (Phi) is 10.5. The lowest BCUT2D eigenvalue weighted by Crippen LogP contribution is -2.52. The summed E-state index contributed by atoms with van der Waals surface area (Å²) in [5.74, 6) is -1.14. The third-order valence-corrected chi connectivity index (χ3v) is 8.55. The lowest BCUT2D eigenvalue weighted by Gasteiger charge is -2.32. The van der Waals surface area contributed by atoms with Crippen molar-refractivity contribution < 1.29 is 27.1 Å². The second-order valence-electron chi connectivity index (χ2n) is 9.29. The van der Waals surface area contributed by atoms with Gasteiger partial charge in [0.05, 0.1) is 22.7 Å². The van der Waals surface area contributed by atoms with Crippen molar-refractivity contribution in [2.45, 2.75) is 50.7 Å². The number of nitrogens with zero attached hydrogens (tertiary/aromatic N) is 2. The largest absolute Gasteiger partial charge is 0.495 e. The van der Waals surface area contributed by atoms with E-state index in [1.165, 1.54) is 66.6 Å². The van der Waals surface area contributed by atoms with Gasteiger partial charge in [-0.3, -0.25) is 13.9 Å². The monoisotopic (exact) mass is 589 g/mol. The van der Waals surface area contributed by atoms with Gasteiger partial charge in [-0.25, -0.2) is 12.8 Å². The molecule has 0 aromatic heterocycles. The number of methoxy groups -OCH3 is 1. The summed E-state index contributed by atoms with van der Waals surface area (Å²) < 4.78 is 47.3. The molecule has 0 aliphatic heterocycles. The van der Waals surface area contributed by atoms with E-state index < -0.39 is 40.2 Å². The maximum absolute atomic E-state index is 13.9. The second kappa shape index (κ2) is 13.6. The number of rotatable bonds is 12. The second-order valence-corrected chi connectivity index (χ2v) is 11.6. The third kappa shape index (κ3) is 7.51. The van der Waals surface area contributed by atoms with Crippen LogP contribution < -0.4 is 14.4 Å². The summed E-state index contributed by atoms with van der Waals surface area (Å²) in [4.78, 5) is 28.2. The quantitative estimate of drug-likeness (QED) is 0.320. The predicted octanol–water partition coefficient (Wildman–Crippen LogP) is 5.02. The Hall–Kier alpha value is -3.63. The standard InChI is InChI=1S/C29H33ClFN3O5S/c1-5-20(2)32-29(36)21(3)33(18-22-11-13-23(31)14-12-22)28(35)19-34(24-15-16-27(39-4)26(30)17-24)40(37,38)25-9-7-6-8-10-25/h6-17,20-21H,5,18-19H2,1-4H3,(H,32,36)/t20-,21+/m0/s1. The SMILES string of the molecule is CC[C@H](C)NC(=O)[C@@H](C)N(Cc1ccc(F)cc1)C(=O)CN(c1ccc(OC)c(Cl)c1)S(=O)(=O)c1ccccc1. The molecule has 0 spiro atoms. The van der Waals surface area contributed by atoms with Crippen LogP contribution in [-0.2, 0) is 26.2 Å². The minimum absolute atomic E-state index is 0.0256. The minimum Gasteiger partial charge on any atom is -0.495 e. The van der Waals surface area contributed by atoms with Crippen LogP contribution in [0.25, 0.3) is 0 Å². The maximum Gasteiger partial charge on any atom is 0.264 e. The highest BCUT2D eigenvalue weighted by Crippen LogP contribution is 2.32. The Balaban J connectivity index is 2.04. The normalized spacial score (nSPS) is 12.8. The van der Waals surface area contributed by atoms with Crippen LogP contribution in [0.15, 0.2) is 77.7 Å². The Bertz CT molecular complexity index is 1420. The van der Waals surface area contributed by atoms with Gasteiger partial charge in [0.2, 0.25) is 11.8 Å². The van der Waals surface area contributed by atoms with E-state index in [9.17, 15) is 22.4 Å². The number of carbonyl (C=O) groups is 2. The molecule has 3 aromatic rings. The van der Waals surface area contributed by atoms with Crippen molar-refractivity contribution in [2.75, 3.05) is 18.0 Å². The lowest BCUT2D eigenvalue weighted by molar-refractivity contribution is -0.139. The molecule has 0 fully saturated rings. The van der Waals surface area contributed by atoms with Crippen molar-refractivity contribution >= 4 is 39.1 Å². The molecule has 11 heteroatoms. The van der Waals surface area contributed by atoms with Gasteiger partial charge in [0.25, 0.3) is 10.0 Å². The molecule has 2 amide bonds. The number of anilines is 1. The third-order valence-electron chi connectivity index (χ3n) is 6.47. The van der Waals surface area contributed by atoms with Crippen molar-refractivity contribution in [3.05, 3.63) is 89.2 Å². The van der Waals surface area contributed by atoms with Crippen molar-refractivity contribution in [1.82, 2.24) is 10.2 Å². The van der Waals surface area contributed by atoms with E-state index in [1.54, 1.807) is 25.1 Å². The van der Waals surface area contributed by atoms with Crippen LogP contribution in [-0.4, -0.2) is 50.9 Å². The molecule has 0 aliphatic rings. The number of benzene rings is 3. The summed E-state index contributed by atoms with van der Waals surface area (Å²) in [6, 6.07) is 16.5. The molecule has 8 nitrogen and oxygen atoms in total. The van der Waals surface area contributed by atoms with Crippen molar-refractivity contribution in [3.8, 4) is 5.75 Å². The molecule has 3 rings (SSSR count). The van der Waals surface area contributed by atoms with Gasteiger partial charge in [0.15, 0.2) is 0 Å². The number of halogens is 2. The van der Waals surface area contributed by atoms with Crippen molar-refractivity contribution in [1.29, 1.82) is 0 Å². The van der Waals surface area contributed by atoms with Gasteiger partial charge < -0.3 is 15.0 Å². The number of carbonyl (C=O) groups excluding carboxylic acids is 2. The van der Waals surface area contributed by atoms with E-state index in [0.717, 1.165) is 4.31 Å². The summed E-state index contributed by atoms with van der Waals surface area (Å²) in [6.07, 6.45) is 0.686. The minimum atomic E-state index is -4.23. The molecule has 214 valence electrons. The van der Waals surface area contributed by atoms with E-state index in [1.807, 2.05) is 13.8 Å². The van der Waals surface area contributed by atoms with Crippen LogP contribution in [0.1, 0.15) is 32.8 Å². The first-order chi connectivity index (χ1) is 19.0. The Morgan fingerprint density at radius 2 is 1.68 bits per heavy atom. The number of hydrogen-bond acceptors (Lipinski definition) is 5. The molecule has 0 saturated carbocycles. The van der Waals surface area contributed by atoms with Crippen LogP contribution in [0, 0.1) is 5.82 Å². The van der Waals surface area contributed by atoms with E-state index in [-0.39, 0.29) is 28.2 Å². The van der Waals surface area contributed by atoms with Gasteiger partial charge in [-0.1, -0.05) is 48.9 Å². The topological polar surface area (TPSA) is 96.0 Å². The molecule has 0 aliphatic carbocycles. The highest BCUT2D eigenvalue weighted by atomic mass is 35.5. The summed E-state index contributed by atoms with van der Waals surface area (Å²) in [5, 5.41) is 3.02. The van der Waals surface area contributed by atoms with Gasteiger partial charge in [0, 0.05) is 12.6 Å². The van der Waals surface area contributed by atoms with Gasteiger partial charge >= 0.3 is 0 Å². The van der Waals surface area contributed by atoms with E-state index in [4.69, 9.17) is 16.3 Å². The van der Waals surface area contributed by atoms with E-state index in [0.29, 0.717) is 17.7 Å².